The highest BCUT2D eigenvalue weighted by atomic mass is 127. The minimum atomic E-state index is -0.767. The highest BCUT2D eigenvalue weighted by Crippen LogP contribution is 2.37. The fraction of sp³-hybridized carbons (Fsp3) is 0.636. The van der Waals surface area contributed by atoms with E-state index in [1.54, 1.807) is 6.20 Å². The number of nitrogens with zero attached hydrogens (tertiary/aromatic N) is 2. The Morgan fingerprint density at radius 3 is 3.12 bits per heavy atom. The summed E-state index contributed by atoms with van der Waals surface area (Å²) in [6.07, 6.45) is 5.89. The summed E-state index contributed by atoms with van der Waals surface area (Å²) in [5.74, 6) is -0.747. The van der Waals surface area contributed by atoms with E-state index in [0.717, 1.165) is 9.99 Å². The average Bonchev–Trinajstić information content (AvgIpc) is 2.86. The molecule has 0 saturated heterocycles. The summed E-state index contributed by atoms with van der Waals surface area (Å²) in [5, 5.41) is 16.8. The average molecular weight is 349 g/mol. The molecule has 2 rings (SSSR count). The normalized spacial score (nSPS) is 28.5. The van der Waals surface area contributed by atoms with Gasteiger partial charge in [0.1, 0.15) is 5.54 Å². The van der Waals surface area contributed by atoms with Gasteiger partial charge >= 0.3 is 5.97 Å². The Morgan fingerprint density at radius 1 is 1.82 bits per heavy atom. The second-order valence-corrected chi connectivity index (χ2v) is 5.70. The van der Waals surface area contributed by atoms with Crippen molar-refractivity contribution in [3.63, 3.8) is 0 Å². The lowest BCUT2D eigenvalue weighted by atomic mass is 9.97. The molecule has 0 radical (unpaired) electrons. The van der Waals surface area contributed by atoms with Crippen molar-refractivity contribution in [2.75, 3.05) is 6.54 Å². The number of rotatable bonds is 4. The Labute approximate surface area is 114 Å². The predicted octanol–water partition coefficient (Wildman–Crippen LogP) is 1.65. The van der Waals surface area contributed by atoms with Crippen molar-refractivity contribution in [2.24, 2.45) is 0 Å². The molecular weight excluding hydrogens is 333 g/mol. The molecule has 2 N–H and O–H groups in total. The topological polar surface area (TPSA) is 67.2 Å². The van der Waals surface area contributed by atoms with E-state index in [-0.39, 0.29) is 6.04 Å². The first kappa shape index (κ1) is 12.8. The monoisotopic (exact) mass is 349 g/mol. The first-order valence-electron chi connectivity index (χ1n) is 5.75. The third-order valence-corrected chi connectivity index (χ3v) is 3.91. The lowest BCUT2D eigenvalue weighted by Crippen LogP contribution is -2.50. The van der Waals surface area contributed by atoms with E-state index in [2.05, 4.69) is 33.0 Å². The summed E-state index contributed by atoms with van der Waals surface area (Å²) in [6, 6.07) is 0.189. The van der Waals surface area contributed by atoms with Gasteiger partial charge in [-0.1, -0.05) is 6.92 Å². The number of hydrogen-bond acceptors (Lipinski definition) is 3. The molecule has 0 aliphatic heterocycles. The van der Waals surface area contributed by atoms with E-state index in [0.29, 0.717) is 19.4 Å². The molecule has 17 heavy (non-hydrogen) atoms. The maximum atomic E-state index is 11.4. The standard InChI is InChI=1S/C11H16IN3O2/c1-2-13-11(10(16)17)4-3-9(5-11)15-7-8(12)6-14-15/h6-7,9,13H,2-5H2,1H3,(H,16,17). The van der Waals surface area contributed by atoms with E-state index in [1.165, 1.54) is 0 Å². The fourth-order valence-electron chi connectivity index (χ4n) is 2.53. The molecule has 1 heterocycles. The van der Waals surface area contributed by atoms with Crippen molar-refractivity contribution < 1.29 is 9.90 Å². The Kier molecular flexibility index (Phi) is 3.72. The number of likely N-dealkylation sites (N-methyl/N-ethyl adjacent to an activating group) is 1. The minimum absolute atomic E-state index is 0.189. The van der Waals surface area contributed by atoms with E-state index in [9.17, 15) is 9.90 Å². The fourth-order valence-corrected chi connectivity index (χ4v) is 2.94. The van der Waals surface area contributed by atoms with Gasteiger partial charge in [-0.05, 0) is 48.4 Å². The van der Waals surface area contributed by atoms with Crippen molar-refractivity contribution in [1.29, 1.82) is 0 Å². The highest BCUT2D eigenvalue weighted by Gasteiger charge is 2.45. The van der Waals surface area contributed by atoms with Crippen LogP contribution in [-0.4, -0.2) is 32.9 Å². The number of carbonyl (C=O) groups is 1. The molecule has 0 bridgehead atoms. The summed E-state index contributed by atoms with van der Waals surface area (Å²) in [5.41, 5.74) is -0.767. The Hall–Kier alpha value is -0.630. The third-order valence-electron chi connectivity index (χ3n) is 3.36. The van der Waals surface area contributed by atoms with Gasteiger partial charge in [-0.15, -0.1) is 0 Å². The van der Waals surface area contributed by atoms with Gasteiger partial charge in [0.15, 0.2) is 0 Å². The zero-order valence-corrected chi connectivity index (χ0v) is 11.8. The quantitative estimate of drug-likeness (QED) is 0.812. The van der Waals surface area contributed by atoms with Crippen LogP contribution in [0.4, 0.5) is 0 Å². The van der Waals surface area contributed by atoms with Crippen LogP contribution in [0.5, 0.6) is 0 Å². The highest BCUT2D eigenvalue weighted by molar-refractivity contribution is 14.1. The van der Waals surface area contributed by atoms with Crippen molar-refractivity contribution in [1.82, 2.24) is 15.1 Å². The van der Waals surface area contributed by atoms with Gasteiger partial charge in [-0.2, -0.15) is 5.10 Å². The molecule has 1 aliphatic carbocycles. The molecular formula is C11H16IN3O2. The number of aromatic nitrogens is 2. The molecule has 1 aromatic rings. The second-order valence-electron chi connectivity index (χ2n) is 4.45. The minimum Gasteiger partial charge on any atom is -0.480 e. The molecule has 5 nitrogen and oxygen atoms in total. The molecule has 2 unspecified atom stereocenters. The smallest absolute Gasteiger partial charge is 0.323 e. The molecule has 0 spiro atoms. The molecule has 0 aromatic carbocycles. The number of carboxylic acid groups (broad SMARTS) is 1. The zero-order chi connectivity index (χ0) is 12.5. The van der Waals surface area contributed by atoms with Crippen LogP contribution in [0.15, 0.2) is 12.4 Å². The van der Waals surface area contributed by atoms with Crippen molar-refractivity contribution in [2.45, 2.75) is 37.8 Å². The van der Waals surface area contributed by atoms with Crippen molar-refractivity contribution in [3.8, 4) is 0 Å². The summed E-state index contributed by atoms with van der Waals surface area (Å²) < 4.78 is 2.97. The number of hydrogen-bond donors (Lipinski definition) is 2. The summed E-state index contributed by atoms with van der Waals surface area (Å²) in [4.78, 5) is 11.4. The molecule has 1 saturated carbocycles. The first-order chi connectivity index (χ1) is 8.07. The predicted molar refractivity (Wildman–Crippen MR) is 71.9 cm³/mol. The first-order valence-corrected chi connectivity index (χ1v) is 6.83. The zero-order valence-electron chi connectivity index (χ0n) is 9.69. The van der Waals surface area contributed by atoms with Crippen LogP contribution in [0.3, 0.4) is 0 Å². The maximum absolute atomic E-state index is 11.4. The number of halogens is 1. The second kappa shape index (κ2) is 4.93. The van der Waals surface area contributed by atoms with Gasteiger partial charge in [-0.3, -0.25) is 9.48 Å². The van der Waals surface area contributed by atoms with Gasteiger partial charge in [0.25, 0.3) is 0 Å². The molecule has 94 valence electrons. The lowest BCUT2D eigenvalue weighted by Gasteiger charge is -2.25. The van der Waals surface area contributed by atoms with E-state index < -0.39 is 11.5 Å². The Balaban J connectivity index is 2.14. The molecule has 6 heteroatoms. The van der Waals surface area contributed by atoms with Gasteiger partial charge in [0.05, 0.1) is 15.8 Å². The third kappa shape index (κ3) is 2.47. The molecule has 0 amide bonds. The van der Waals surface area contributed by atoms with Crippen LogP contribution in [0.25, 0.3) is 0 Å². The van der Waals surface area contributed by atoms with E-state index in [4.69, 9.17) is 0 Å². The van der Waals surface area contributed by atoms with Crippen molar-refractivity contribution >= 4 is 28.6 Å². The molecule has 1 aromatic heterocycles. The number of aliphatic carboxylic acids is 1. The van der Waals surface area contributed by atoms with Crippen LogP contribution in [0.1, 0.15) is 32.2 Å². The summed E-state index contributed by atoms with van der Waals surface area (Å²) in [6.45, 7) is 2.62. The van der Waals surface area contributed by atoms with Crippen LogP contribution in [0, 0.1) is 3.57 Å². The Morgan fingerprint density at radius 2 is 2.59 bits per heavy atom. The van der Waals surface area contributed by atoms with Crippen LogP contribution in [0.2, 0.25) is 0 Å². The number of carboxylic acids is 1. The molecule has 2 atom stereocenters. The van der Waals surface area contributed by atoms with E-state index in [1.807, 2.05) is 17.8 Å². The van der Waals surface area contributed by atoms with Gasteiger partial charge < -0.3 is 10.4 Å². The van der Waals surface area contributed by atoms with Gasteiger partial charge in [0.2, 0.25) is 0 Å². The maximum Gasteiger partial charge on any atom is 0.323 e. The summed E-state index contributed by atoms with van der Waals surface area (Å²) in [7, 11) is 0. The van der Waals surface area contributed by atoms with E-state index >= 15 is 0 Å². The SMILES string of the molecule is CCNC1(C(=O)O)CCC(n2cc(I)cn2)C1. The largest absolute Gasteiger partial charge is 0.480 e. The van der Waals surface area contributed by atoms with Crippen LogP contribution < -0.4 is 5.32 Å². The number of nitrogens with one attached hydrogen (secondary N) is 1. The lowest BCUT2D eigenvalue weighted by molar-refractivity contribution is -0.144. The molecule has 1 fully saturated rings. The van der Waals surface area contributed by atoms with Gasteiger partial charge in [-0.25, -0.2) is 0 Å². The summed E-state index contributed by atoms with van der Waals surface area (Å²) >= 11 is 2.21. The van der Waals surface area contributed by atoms with Crippen LogP contribution >= 0.6 is 22.6 Å². The molecule has 1 aliphatic rings. The van der Waals surface area contributed by atoms with Crippen molar-refractivity contribution in [3.05, 3.63) is 16.0 Å². The van der Waals surface area contributed by atoms with Crippen LogP contribution in [-0.2, 0) is 4.79 Å². The van der Waals surface area contributed by atoms with Gasteiger partial charge in [0, 0.05) is 6.20 Å². The Bertz CT molecular complexity index is 421.